The molecule has 3 aliphatic rings. The van der Waals surface area contributed by atoms with E-state index >= 15 is 24.0 Å². The van der Waals surface area contributed by atoms with Gasteiger partial charge in [0.1, 0.15) is 49.8 Å². The zero-order valence-electron chi connectivity index (χ0n) is 67.5. The second-order valence-corrected chi connectivity index (χ2v) is 34.5. The maximum absolute atomic E-state index is 15.9. The predicted molar refractivity (Wildman–Crippen MR) is 449 cm³/mol. The highest BCUT2D eigenvalue weighted by Gasteiger charge is 2.62. The summed E-state index contributed by atoms with van der Waals surface area (Å²) in [5.74, 6) is -7.65. The van der Waals surface area contributed by atoms with Crippen LogP contribution in [0.3, 0.4) is 0 Å². The van der Waals surface area contributed by atoms with Crippen molar-refractivity contribution in [3.8, 4) is 0 Å². The lowest BCUT2D eigenvalue weighted by Gasteiger charge is -2.51. The lowest BCUT2D eigenvalue weighted by molar-refractivity contribution is -0.377. The van der Waals surface area contributed by atoms with Crippen molar-refractivity contribution in [2.24, 2.45) is 0 Å². The van der Waals surface area contributed by atoms with Crippen LogP contribution in [0.2, 0.25) is 5.04 Å². The largest absolute Gasteiger partial charge is 0.459 e. The molecular formula is C98H90O24Si. The summed E-state index contributed by atoms with van der Waals surface area (Å²) >= 11 is 0. The Bertz CT molecular complexity index is 5240. The molecule has 0 N–H and O–H groups in total. The summed E-state index contributed by atoms with van der Waals surface area (Å²) in [6.07, 6.45) is -28.6. The molecule has 24 nitrogen and oxygen atoms in total. The van der Waals surface area contributed by atoms with E-state index in [1.165, 1.54) is 104 Å². The lowest BCUT2D eigenvalue weighted by Crippen LogP contribution is -2.70. The van der Waals surface area contributed by atoms with Gasteiger partial charge < -0.3 is 75.5 Å². The van der Waals surface area contributed by atoms with E-state index in [2.05, 4.69) is 0 Å². The van der Waals surface area contributed by atoms with Crippen molar-refractivity contribution >= 4 is 66.4 Å². The van der Waals surface area contributed by atoms with Crippen molar-refractivity contribution in [3.63, 3.8) is 0 Å². The van der Waals surface area contributed by atoms with Crippen LogP contribution >= 0.6 is 0 Å². The van der Waals surface area contributed by atoms with E-state index in [0.29, 0.717) is 5.56 Å². The summed E-state index contributed by atoms with van der Waals surface area (Å²) in [5.41, 5.74) is 0.856. The molecule has 3 saturated heterocycles. The second kappa shape index (κ2) is 41.1. The van der Waals surface area contributed by atoms with Gasteiger partial charge in [0, 0.05) is 7.11 Å². The van der Waals surface area contributed by atoms with Crippen molar-refractivity contribution in [1.29, 1.82) is 0 Å². The third-order valence-electron chi connectivity index (χ3n) is 21.0. The average Bonchev–Trinajstić information content (AvgIpc) is 0.754. The van der Waals surface area contributed by atoms with Gasteiger partial charge >= 0.3 is 47.8 Å². The Balaban J connectivity index is 1.01. The fourth-order valence-corrected chi connectivity index (χ4v) is 19.6. The molecule has 0 amide bonds. The third-order valence-corrected chi connectivity index (χ3v) is 26.1. The Morgan fingerprint density at radius 1 is 0.276 bits per heavy atom. The van der Waals surface area contributed by atoms with Crippen LogP contribution in [-0.4, -0.2) is 175 Å². The second-order valence-electron chi connectivity index (χ2n) is 30.1. The number of carbonyl (C=O) groups excluding carboxylic acids is 8. The number of ether oxygens (including phenoxy) is 15. The average molecular weight is 1680 g/mol. The van der Waals surface area contributed by atoms with Crippen molar-refractivity contribution in [3.05, 3.63) is 384 Å². The van der Waals surface area contributed by atoms with E-state index in [4.69, 9.17) is 75.5 Å². The van der Waals surface area contributed by atoms with Gasteiger partial charge in [-0.2, -0.15) is 0 Å². The van der Waals surface area contributed by atoms with Crippen LogP contribution in [0, 0.1) is 0 Å². The smallest absolute Gasteiger partial charge is 0.338 e. The van der Waals surface area contributed by atoms with Gasteiger partial charge in [-0.25, -0.2) is 38.4 Å². The standard InChI is InChI=1S/C98H90O24Si/c1-98(2,3)123(73-56-34-14-35-57-73,74-58-36-15-37-59-74)111-63-77-79(116-90(102)68-46-24-9-25-47-68)83(122-96-84(118-92(104)70-50-28-11-29-51-70)81(108-60-64-38-16-5-17-39-64)78(115-89(101)67-44-22-8-23-45-67)75(113-96)61-109-87(99)65-40-18-6-19-41-65)86(120-94(106)72-54-32-13-33-55-72)97(114-77)121-80-76(62-110-88(100)66-42-20-7-21-43-66)112-95(107-4)85(119-93(105)71-52-30-12-31-53-71)82(80)117-91(103)69-48-26-10-27-49-69/h5-59,75-86,95-97H,60-63H2,1-4H3/t75-,76-,77-,78+,79+,80-,81+,82+,83+,84-,85+,86-,95+,96+,97+/m1/s1. The first-order valence-electron chi connectivity index (χ1n) is 40.1. The van der Waals surface area contributed by atoms with E-state index in [-0.39, 0.29) is 51.1 Å². The summed E-state index contributed by atoms with van der Waals surface area (Å²) < 4.78 is 111. The first-order chi connectivity index (χ1) is 59.9. The quantitative estimate of drug-likeness (QED) is 0.0222. The monoisotopic (exact) mass is 1680 g/mol. The number of hydrogen-bond donors (Lipinski definition) is 0. The summed E-state index contributed by atoms with van der Waals surface area (Å²) in [4.78, 5) is 121. The minimum atomic E-state index is -3.83. The predicted octanol–water partition coefficient (Wildman–Crippen LogP) is 13.8. The molecule has 3 aliphatic heterocycles. The van der Waals surface area contributed by atoms with Crippen LogP contribution in [0.25, 0.3) is 0 Å². The van der Waals surface area contributed by atoms with Crippen molar-refractivity contribution in [2.75, 3.05) is 26.9 Å². The molecule has 0 aliphatic carbocycles. The molecule has 123 heavy (non-hydrogen) atoms. The summed E-state index contributed by atoms with van der Waals surface area (Å²) in [6.45, 7) is 3.74. The highest BCUT2D eigenvalue weighted by molar-refractivity contribution is 6.99. The molecule has 3 heterocycles. The van der Waals surface area contributed by atoms with Gasteiger partial charge in [0.15, 0.2) is 55.5 Å². The Morgan fingerprint density at radius 3 is 0.862 bits per heavy atom. The maximum atomic E-state index is 15.9. The van der Waals surface area contributed by atoms with Crippen molar-refractivity contribution in [2.45, 2.75) is 125 Å². The normalized spacial score (nSPS) is 22.5. The summed E-state index contributed by atoms with van der Waals surface area (Å²) in [7, 11) is -2.58. The molecule has 0 aromatic heterocycles. The molecule has 3 fully saturated rings. The molecule has 0 unspecified atom stereocenters. The first-order valence-corrected chi connectivity index (χ1v) is 42.0. The minimum absolute atomic E-state index is 0.000421. The highest BCUT2D eigenvalue weighted by Crippen LogP contribution is 2.43. The number of hydrogen-bond acceptors (Lipinski definition) is 24. The van der Waals surface area contributed by atoms with Crippen LogP contribution in [0.15, 0.2) is 334 Å². The fraction of sp³-hybridized carbons (Fsp3) is 0.245. The molecule has 25 heteroatoms. The molecule has 11 aromatic carbocycles. The third kappa shape index (κ3) is 21.2. The van der Waals surface area contributed by atoms with Gasteiger partial charge in [0.05, 0.1) is 57.7 Å². The van der Waals surface area contributed by atoms with E-state index in [1.54, 1.807) is 176 Å². The number of carbonyl (C=O) groups is 8. The van der Waals surface area contributed by atoms with E-state index in [1.807, 2.05) is 81.4 Å². The Hall–Kier alpha value is -12.9. The van der Waals surface area contributed by atoms with Crippen molar-refractivity contribution < 1.29 is 114 Å². The molecule has 0 saturated carbocycles. The van der Waals surface area contributed by atoms with Gasteiger partial charge in [-0.05, 0) is 118 Å². The lowest BCUT2D eigenvalue weighted by atomic mass is 9.94. The van der Waals surface area contributed by atoms with Gasteiger partial charge in [0.2, 0.25) is 0 Å². The van der Waals surface area contributed by atoms with E-state index in [9.17, 15) is 14.4 Å². The molecule has 11 aromatic rings. The number of esters is 8. The molecule has 630 valence electrons. The summed E-state index contributed by atoms with van der Waals surface area (Å²) in [6, 6.07) is 91.3. The van der Waals surface area contributed by atoms with E-state index in [0.717, 1.165) is 10.4 Å². The van der Waals surface area contributed by atoms with Crippen molar-refractivity contribution in [1.82, 2.24) is 0 Å². The van der Waals surface area contributed by atoms with Gasteiger partial charge in [-0.1, -0.05) is 257 Å². The maximum Gasteiger partial charge on any atom is 0.338 e. The molecule has 0 bridgehead atoms. The SMILES string of the molecule is CO[C@H]1O[C@H](COC(=O)c2ccccc2)[C@@H](O[C@@H]2O[C@H](CO[Si](c3ccccc3)(c3ccccc3)C(C)(C)C)[C@H](OC(=O)c3ccccc3)[C@H](O[C@@H]3O[C@H](COC(=O)c4ccccc4)[C@H](OC(=O)c4ccccc4)[C@H](OCc4ccccc4)[C@H]3OC(=O)c3ccccc3)[C@H]2OC(=O)c2ccccc2)[C@H](OC(=O)c2ccccc2)[C@@H]1OC(=O)c1ccccc1. The zero-order chi connectivity index (χ0) is 85.7. The molecular weight excluding hydrogens is 1590 g/mol. The van der Waals surface area contributed by atoms with Gasteiger partial charge in [-0.3, -0.25) is 0 Å². The Labute approximate surface area is 711 Å². The van der Waals surface area contributed by atoms with Gasteiger partial charge in [-0.15, -0.1) is 0 Å². The zero-order valence-corrected chi connectivity index (χ0v) is 68.5. The molecule has 14 rings (SSSR count). The summed E-state index contributed by atoms with van der Waals surface area (Å²) in [5, 5.41) is 0.783. The van der Waals surface area contributed by atoms with Crippen LogP contribution in [-0.2, 0) is 82.1 Å². The van der Waals surface area contributed by atoms with E-state index < -0.39 is 173 Å². The first kappa shape index (κ1) is 86.5. The molecule has 0 radical (unpaired) electrons. The number of rotatable bonds is 31. The Kier molecular flexibility index (Phi) is 28.9. The molecule has 15 atom stereocenters. The van der Waals surface area contributed by atoms with Crippen LogP contribution in [0.1, 0.15) is 109 Å². The fourth-order valence-electron chi connectivity index (χ4n) is 15.0. The van der Waals surface area contributed by atoms with Crippen LogP contribution in [0.5, 0.6) is 0 Å². The minimum Gasteiger partial charge on any atom is -0.459 e. The van der Waals surface area contributed by atoms with Crippen LogP contribution in [0.4, 0.5) is 0 Å². The topological polar surface area (TPSA) is 284 Å². The highest BCUT2D eigenvalue weighted by atomic mass is 28.4. The Morgan fingerprint density at radius 2 is 0.528 bits per heavy atom. The number of methoxy groups -OCH3 is 1. The van der Waals surface area contributed by atoms with Gasteiger partial charge in [0.25, 0.3) is 8.32 Å². The number of benzene rings is 11. The molecule has 0 spiro atoms. The van der Waals surface area contributed by atoms with Crippen LogP contribution < -0.4 is 10.4 Å².